The quantitative estimate of drug-likeness (QED) is 0.147. The summed E-state index contributed by atoms with van der Waals surface area (Å²) in [4.78, 5) is 10.3. The number of phenols is 1. The molecule has 67 heavy (non-hydrogen) atoms. The molecule has 9 rings (SSSR count). The third-order valence-corrected chi connectivity index (χ3v) is 12.1. The minimum Gasteiger partial charge on any atom is -0.507 e. The molecule has 0 radical (unpaired) electrons. The Balaban J connectivity index is 0.00000841. The van der Waals surface area contributed by atoms with Gasteiger partial charge in [0.1, 0.15) is 11.6 Å². The first-order valence-electron chi connectivity index (χ1n) is 28.8. The summed E-state index contributed by atoms with van der Waals surface area (Å²) in [6.45, 7) is 3.47. The van der Waals surface area contributed by atoms with Crippen LogP contribution in [-0.4, -0.2) is 19.6 Å². The van der Waals surface area contributed by atoms with Gasteiger partial charge in [-0.25, -0.2) is 4.98 Å². The van der Waals surface area contributed by atoms with Crippen molar-refractivity contribution in [3.05, 3.63) is 192 Å². The first-order chi connectivity index (χ1) is 37.0. The number of benzene rings is 7. The molecular formula is C62H60N3OPt-. The zero-order valence-corrected chi connectivity index (χ0v) is 40.8. The van der Waals surface area contributed by atoms with Crippen LogP contribution in [0.1, 0.15) is 121 Å². The van der Waals surface area contributed by atoms with Gasteiger partial charge in [-0.2, -0.15) is 0 Å². The van der Waals surface area contributed by atoms with Crippen LogP contribution in [-0.2, 0) is 31.9 Å². The molecule has 0 fully saturated rings. The number of aromatic hydroxyl groups is 1. The molecule has 0 unspecified atom stereocenters. The van der Waals surface area contributed by atoms with Crippen molar-refractivity contribution < 1.29 is 44.0 Å². The van der Waals surface area contributed by atoms with Crippen LogP contribution < -0.4 is 0 Å². The van der Waals surface area contributed by atoms with Crippen molar-refractivity contribution in [2.45, 2.75) is 91.7 Å². The summed E-state index contributed by atoms with van der Waals surface area (Å²) in [6, 6.07) is 43.1. The molecule has 0 aliphatic carbocycles. The van der Waals surface area contributed by atoms with E-state index in [0.29, 0.717) is 39.3 Å². The molecule has 0 amide bonds. The van der Waals surface area contributed by atoms with Crippen LogP contribution in [0.3, 0.4) is 0 Å². The van der Waals surface area contributed by atoms with Crippen LogP contribution in [0.15, 0.2) is 164 Å². The number of fused-ring (bicyclic) bond motifs is 1. The largest absolute Gasteiger partial charge is 0.507 e. The third-order valence-electron chi connectivity index (χ3n) is 12.1. The van der Waals surface area contributed by atoms with Crippen LogP contribution in [0.4, 0.5) is 0 Å². The van der Waals surface area contributed by atoms with E-state index in [2.05, 4.69) is 95.5 Å². The molecule has 0 saturated heterocycles. The second kappa shape index (κ2) is 18.7. The standard InChI is InChI=1S/C62H60N3O.Pt/c1-39(2)45-35-54(40(3)4)59(66)55(36-45)60-64-58-53(22-17-23-57(58)65(60)52-34-47(42-20-15-12-16-21-42)33-51(38-52)62(8,9)10)48-30-46(41-18-13-11-14-19-41)31-49(32-48)56-37-44(28-29-63-56)43-24-26-50(27-25-43)61(5,6)7;/h11-31,33-40,66H,1-10H3;/q-1;/i5D3,6D3,7D3,24D,25D,26D,27D;. The third kappa shape index (κ3) is 9.61. The van der Waals surface area contributed by atoms with E-state index in [0.717, 1.165) is 50.1 Å². The van der Waals surface area contributed by atoms with E-state index in [1.54, 1.807) is 0 Å². The van der Waals surface area contributed by atoms with Crippen molar-refractivity contribution in [1.29, 1.82) is 0 Å². The van der Waals surface area contributed by atoms with Gasteiger partial charge in [0, 0.05) is 51.0 Å². The van der Waals surface area contributed by atoms with Gasteiger partial charge in [0.25, 0.3) is 0 Å². The topological polar surface area (TPSA) is 50.9 Å². The number of phenolic OH excluding ortho intramolecular Hbond substituents is 1. The van der Waals surface area contributed by atoms with Crippen LogP contribution in [0.5, 0.6) is 5.75 Å². The molecule has 2 heterocycles. The van der Waals surface area contributed by atoms with Crippen molar-refractivity contribution >= 4 is 11.0 Å². The molecule has 7 aromatic carbocycles. The van der Waals surface area contributed by atoms with E-state index >= 15 is 0 Å². The summed E-state index contributed by atoms with van der Waals surface area (Å²) >= 11 is 0. The average Bonchev–Trinajstić information content (AvgIpc) is 3.92. The van der Waals surface area contributed by atoms with Crippen LogP contribution in [0.25, 0.3) is 83.9 Å². The van der Waals surface area contributed by atoms with Gasteiger partial charge in [0.05, 0.1) is 22.1 Å². The van der Waals surface area contributed by atoms with Gasteiger partial charge in [-0.3, -0.25) is 9.55 Å². The van der Waals surface area contributed by atoms with Gasteiger partial charge >= 0.3 is 0 Å². The van der Waals surface area contributed by atoms with Gasteiger partial charge in [0.2, 0.25) is 0 Å². The summed E-state index contributed by atoms with van der Waals surface area (Å²) < 4.78 is 113. The number of hydrogen-bond donors (Lipinski definition) is 1. The minimum atomic E-state index is -3.82. The summed E-state index contributed by atoms with van der Waals surface area (Å²) in [5, 5.41) is 12.4. The maximum Gasteiger partial charge on any atom is 0.148 e. The molecule has 4 nitrogen and oxygen atoms in total. The predicted molar refractivity (Wildman–Crippen MR) is 278 cm³/mol. The molecule has 0 bridgehead atoms. The first kappa shape index (κ1) is 33.2. The molecular weight excluding hydrogens is 998 g/mol. The molecule has 1 N–H and O–H groups in total. The first-order valence-corrected chi connectivity index (χ1v) is 22.3. The maximum atomic E-state index is 12.4. The van der Waals surface area contributed by atoms with Crippen molar-refractivity contribution in [3.8, 4) is 78.6 Å². The fourth-order valence-electron chi connectivity index (χ4n) is 8.38. The average molecular weight is 1070 g/mol. The number of pyridine rings is 1. The summed E-state index contributed by atoms with van der Waals surface area (Å²) in [6.07, 6.45) is 1.41. The summed E-state index contributed by atoms with van der Waals surface area (Å²) in [7, 11) is 0. The van der Waals surface area contributed by atoms with Crippen molar-refractivity contribution in [1.82, 2.24) is 14.5 Å². The smallest absolute Gasteiger partial charge is 0.148 e. The molecule has 0 aliphatic heterocycles. The Bertz CT molecular complexity index is 3740. The van der Waals surface area contributed by atoms with Crippen LogP contribution in [0, 0.1) is 6.07 Å². The second-order valence-corrected chi connectivity index (χ2v) is 18.6. The number of imidazole rings is 1. The van der Waals surface area contributed by atoms with E-state index in [9.17, 15) is 7.85 Å². The Morgan fingerprint density at radius 1 is 0.597 bits per heavy atom. The maximum absolute atomic E-state index is 12.4. The molecule has 0 saturated carbocycles. The zero-order valence-electron chi connectivity index (χ0n) is 51.5. The summed E-state index contributed by atoms with van der Waals surface area (Å²) in [5.74, 6) is 0.794. The predicted octanol–water partition coefficient (Wildman–Crippen LogP) is 16.8. The molecule has 0 aliphatic rings. The van der Waals surface area contributed by atoms with Crippen molar-refractivity contribution in [3.63, 3.8) is 0 Å². The Hall–Kier alpha value is -6.35. The van der Waals surface area contributed by atoms with Crippen molar-refractivity contribution in [2.75, 3.05) is 0 Å². The fraction of sp³-hybridized carbons (Fsp3) is 0.226. The monoisotopic (exact) mass is 1070 g/mol. The second-order valence-electron chi connectivity index (χ2n) is 18.6. The van der Waals surface area contributed by atoms with Gasteiger partial charge in [0.15, 0.2) is 0 Å². The summed E-state index contributed by atoms with van der Waals surface area (Å²) in [5.41, 5.74) is 5.99. The van der Waals surface area contributed by atoms with E-state index in [4.69, 9.17) is 25.0 Å². The Morgan fingerprint density at radius 3 is 1.88 bits per heavy atom. The molecule has 5 heteroatoms. The normalized spacial score (nSPS) is 15.3. The SMILES string of the molecule is [2H]c1c([2H])c(C(C([2H])([2H])[2H])(C([2H])([2H])[2H])C([2H])([2H])[2H])c([2H])c([2H])c1-c1ccnc(-c2[c-]c(-c3cccc4c3nc(-c3cc(C(C)C)cc(C(C)C)c3O)n4-c3cc(-c4ccccc4)cc(C(C)(C)C)c3)cc(-c3ccccc3)c2)c1.[Pt]. The van der Waals surface area contributed by atoms with E-state index in [-0.39, 0.29) is 55.2 Å². The fourth-order valence-corrected chi connectivity index (χ4v) is 8.38. The Morgan fingerprint density at radius 2 is 1.25 bits per heavy atom. The van der Waals surface area contributed by atoms with E-state index in [1.165, 1.54) is 18.3 Å². The number of nitrogens with zero attached hydrogens (tertiary/aromatic N) is 3. The molecule has 0 atom stereocenters. The number of para-hydroxylation sites is 1. The van der Waals surface area contributed by atoms with Crippen LogP contribution in [0.2, 0.25) is 0 Å². The van der Waals surface area contributed by atoms with Gasteiger partial charge in [-0.1, -0.05) is 201 Å². The molecule has 0 spiro atoms. The van der Waals surface area contributed by atoms with Gasteiger partial charge in [-0.05, 0) is 103 Å². The zero-order chi connectivity index (χ0) is 57.5. The molecule has 340 valence electrons. The van der Waals surface area contributed by atoms with E-state index < -0.39 is 55.7 Å². The molecule has 2 aromatic heterocycles. The number of hydrogen-bond acceptors (Lipinski definition) is 3. The van der Waals surface area contributed by atoms with Gasteiger partial charge in [-0.15, -0.1) is 23.8 Å². The Labute approximate surface area is 430 Å². The Kier molecular flexibility index (Phi) is 9.28. The van der Waals surface area contributed by atoms with Crippen molar-refractivity contribution in [2.24, 2.45) is 0 Å². The number of rotatable bonds is 9. The van der Waals surface area contributed by atoms with Crippen LogP contribution >= 0.6 is 0 Å². The van der Waals surface area contributed by atoms with E-state index in [1.807, 2.05) is 84.9 Å². The minimum absolute atomic E-state index is 0. The molecule has 9 aromatic rings. The van der Waals surface area contributed by atoms with Gasteiger partial charge < -0.3 is 5.11 Å². The number of aromatic nitrogens is 3.